The minimum absolute atomic E-state index is 0.102. The smallest absolute Gasteiger partial charge is 0.508 e. The lowest BCUT2D eigenvalue weighted by Gasteiger charge is -2.27. The van der Waals surface area contributed by atoms with Crippen molar-refractivity contribution >= 4 is 55.1 Å². The maximum absolute atomic E-state index is 13.6. The number of primary amides is 2. The average molecular weight is 809 g/mol. The fourth-order valence-electron chi connectivity index (χ4n) is 4.92. The van der Waals surface area contributed by atoms with Gasteiger partial charge in [0.2, 0.25) is 41.4 Å². The van der Waals surface area contributed by atoms with Gasteiger partial charge in [-0.3, -0.25) is 43.3 Å². The number of phosphoric ester groups is 1. The molecule has 15 N–H and O–H groups in total. The molecule has 0 saturated carbocycles. The minimum Gasteiger partial charge on any atom is -0.508 e. The maximum Gasteiger partial charge on any atom is 0.524 e. The van der Waals surface area contributed by atoms with Crippen molar-refractivity contribution in [2.24, 2.45) is 23.1 Å². The Morgan fingerprint density at radius 2 is 1.20 bits per heavy atom. The zero-order chi connectivity index (χ0) is 42.3. The van der Waals surface area contributed by atoms with E-state index >= 15 is 0 Å². The predicted molar refractivity (Wildman–Crippen MR) is 193 cm³/mol. The Balaban J connectivity index is 2.24. The first kappa shape index (κ1) is 46.1. The number of phenols is 1. The van der Waals surface area contributed by atoms with Crippen LogP contribution in [0.15, 0.2) is 48.5 Å². The summed E-state index contributed by atoms with van der Waals surface area (Å²) in [4.78, 5) is 119. The van der Waals surface area contributed by atoms with Gasteiger partial charge >= 0.3 is 13.8 Å². The fraction of sp³-hybridized carbons (Fsp3) is 0.394. The van der Waals surface area contributed by atoms with Gasteiger partial charge in [0, 0.05) is 12.8 Å². The molecule has 0 spiro atoms. The number of benzene rings is 2. The first-order valence-electron chi connectivity index (χ1n) is 16.7. The number of hydrogen-bond donors (Lipinski definition) is 12. The molecule has 0 aliphatic rings. The molecule has 2 aromatic carbocycles. The van der Waals surface area contributed by atoms with Crippen molar-refractivity contribution < 1.29 is 67.4 Å². The second kappa shape index (κ2) is 21.1. The third-order valence-corrected chi connectivity index (χ3v) is 8.14. The molecule has 306 valence electrons. The van der Waals surface area contributed by atoms with E-state index in [0.29, 0.717) is 11.1 Å². The Hall–Kier alpha value is -6.09. The van der Waals surface area contributed by atoms with Crippen LogP contribution in [0.5, 0.6) is 11.5 Å². The highest BCUT2D eigenvalue weighted by atomic mass is 31.2. The van der Waals surface area contributed by atoms with Gasteiger partial charge in [0.15, 0.2) is 0 Å². The van der Waals surface area contributed by atoms with Crippen molar-refractivity contribution in [1.29, 1.82) is 0 Å². The Morgan fingerprint density at radius 1 is 0.696 bits per heavy atom. The van der Waals surface area contributed by atoms with Crippen molar-refractivity contribution in [3.8, 4) is 11.5 Å². The summed E-state index contributed by atoms with van der Waals surface area (Å²) in [6.07, 6.45) is -1.81. The van der Waals surface area contributed by atoms with Crippen molar-refractivity contribution in [1.82, 2.24) is 26.6 Å². The van der Waals surface area contributed by atoms with E-state index in [0.717, 1.165) is 0 Å². The number of aromatic hydroxyl groups is 1. The number of amides is 7. The Bertz CT molecular complexity index is 1800. The lowest BCUT2D eigenvalue weighted by atomic mass is 10.00. The van der Waals surface area contributed by atoms with Gasteiger partial charge in [-0.05, 0) is 41.3 Å². The van der Waals surface area contributed by atoms with E-state index in [4.69, 9.17) is 27.0 Å². The van der Waals surface area contributed by atoms with Gasteiger partial charge in [0.1, 0.15) is 35.7 Å². The highest BCUT2D eigenvalue weighted by Crippen LogP contribution is 2.37. The lowest BCUT2D eigenvalue weighted by molar-refractivity contribution is -0.142. The average Bonchev–Trinajstić information content (AvgIpc) is 3.08. The molecular weight excluding hydrogens is 763 g/mol. The number of hydrogen-bond acceptors (Lipinski definition) is 12. The van der Waals surface area contributed by atoms with Crippen molar-refractivity contribution in [2.45, 2.75) is 69.7 Å². The quantitative estimate of drug-likeness (QED) is 0.0514. The largest absolute Gasteiger partial charge is 0.524 e. The van der Waals surface area contributed by atoms with Crippen LogP contribution >= 0.6 is 7.82 Å². The fourth-order valence-corrected chi connectivity index (χ4v) is 5.32. The first-order valence-corrected chi connectivity index (χ1v) is 18.2. The number of nitrogens with one attached hydrogen (secondary N) is 5. The van der Waals surface area contributed by atoms with Crippen LogP contribution in [0, 0.1) is 5.92 Å². The number of phosphoric acid groups is 1. The highest BCUT2D eigenvalue weighted by Gasteiger charge is 2.34. The molecule has 0 saturated heterocycles. The third kappa shape index (κ3) is 16.5. The summed E-state index contributed by atoms with van der Waals surface area (Å²) >= 11 is 0. The molecule has 0 unspecified atom stereocenters. The van der Waals surface area contributed by atoms with E-state index in [1.54, 1.807) is 0 Å². The molecule has 5 atom stereocenters. The Morgan fingerprint density at radius 3 is 1.70 bits per heavy atom. The number of carbonyl (C=O) groups is 8. The van der Waals surface area contributed by atoms with E-state index in [2.05, 4.69) is 31.1 Å². The van der Waals surface area contributed by atoms with Crippen molar-refractivity contribution in [3.63, 3.8) is 0 Å². The summed E-state index contributed by atoms with van der Waals surface area (Å²) in [6, 6.07) is 2.98. The summed E-state index contributed by atoms with van der Waals surface area (Å²) in [7, 11) is -4.85. The van der Waals surface area contributed by atoms with E-state index < -0.39 is 111 Å². The zero-order valence-corrected chi connectivity index (χ0v) is 31.1. The van der Waals surface area contributed by atoms with Crippen LogP contribution < -0.4 is 48.3 Å². The number of rotatable bonds is 22. The van der Waals surface area contributed by atoms with Gasteiger partial charge in [0.05, 0.1) is 25.4 Å². The molecule has 0 heterocycles. The molecule has 0 aromatic heterocycles. The number of aliphatic carboxylic acids is 1. The molecule has 0 fully saturated rings. The van der Waals surface area contributed by atoms with E-state index in [1.807, 2.05) is 0 Å². The van der Waals surface area contributed by atoms with Crippen LogP contribution in [0.1, 0.15) is 37.8 Å². The second-order valence-electron chi connectivity index (χ2n) is 12.8. The van der Waals surface area contributed by atoms with Gasteiger partial charge in [-0.2, -0.15) is 0 Å². The molecule has 7 amide bonds. The SMILES string of the molecule is CC(C)[C@H](NC(=O)[C@H](CC(N)=O)NC(=O)[C@H](Cc1ccc(O)cc1)NC(=O)CNC(=O)[C@@H](N)CC(N)=O)C(=O)N[C@@H](Cc1ccc(OP(=O)(O)O)cc1)C(=O)O. The van der Waals surface area contributed by atoms with Crippen LogP contribution in [0.25, 0.3) is 0 Å². The minimum atomic E-state index is -4.85. The van der Waals surface area contributed by atoms with Gasteiger partial charge in [-0.15, -0.1) is 0 Å². The van der Waals surface area contributed by atoms with Crippen LogP contribution in [-0.2, 0) is 55.8 Å². The molecule has 0 bridgehead atoms. The number of carboxylic acids is 1. The molecule has 22 nitrogen and oxygen atoms in total. The second-order valence-corrected chi connectivity index (χ2v) is 13.9. The van der Waals surface area contributed by atoms with Gasteiger partial charge in [-0.25, -0.2) is 9.36 Å². The third-order valence-electron chi connectivity index (χ3n) is 7.70. The van der Waals surface area contributed by atoms with Gasteiger partial charge < -0.3 is 58.5 Å². The van der Waals surface area contributed by atoms with E-state index in [-0.39, 0.29) is 24.3 Å². The summed E-state index contributed by atoms with van der Waals surface area (Å²) in [5.41, 5.74) is 16.7. The number of nitrogens with two attached hydrogens (primary N) is 3. The monoisotopic (exact) mass is 808 g/mol. The standard InChI is InChI=1S/C33H45N8O14P/c1-16(2)28(32(49)40-24(33(50)51)12-18-5-9-20(10-6-18)55-56(52,53)54)41-31(48)23(14-26(36)44)39-30(47)22(11-17-3-7-19(42)8-4-17)38-27(45)15-37-29(46)21(34)13-25(35)43/h3-10,16,21-24,28,42H,11-15,34H2,1-2H3,(H2,35,43)(H2,36,44)(H,37,46)(H,38,45)(H,39,47)(H,40,49)(H,41,48)(H,50,51)(H2,52,53,54)/t21-,22-,23-,24-,28-/m0/s1. The molecule has 0 radical (unpaired) electrons. The number of carboxylic acid groups (broad SMARTS) is 1. The van der Waals surface area contributed by atoms with Crippen molar-refractivity contribution in [3.05, 3.63) is 59.7 Å². The molecule has 56 heavy (non-hydrogen) atoms. The summed E-state index contributed by atoms with van der Waals surface area (Å²) < 4.78 is 15.5. The maximum atomic E-state index is 13.6. The van der Waals surface area contributed by atoms with Crippen LogP contribution in [0.2, 0.25) is 0 Å². The van der Waals surface area contributed by atoms with Crippen LogP contribution in [0.3, 0.4) is 0 Å². The highest BCUT2D eigenvalue weighted by molar-refractivity contribution is 7.46. The molecule has 0 aliphatic heterocycles. The van der Waals surface area contributed by atoms with Crippen LogP contribution in [0.4, 0.5) is 0 Å². The van der Waals surface area contributed by atoms with Crippen molar-refractivity contribution in [2.75, 3.05) is 6.54 Å². The molecular formula is C33H45N8O14P. The zero-order valence-electron chi connectivity index (χ0n) is 30.2. The molecule has 0 aliphatic carbocycles. The lowest BCUT2D eigenvalue weighted by Crippen LogP contribution is -2.60. The normalized spacial score (nSPS) is 13.8. The summed E-state index contributed by atoms with van der Waals surface area (Å²) in [6.45, 7) is 2.34. The molecule has 23 heteroatoms. The predicted octanol–water partition coefficient (Wildman–Crippen LogP) is -3.48. The molecule has 2 aromatic rings. The van der Waals surface area contributed by atoms with E-state index in [1.165, 1.54) is 62.4 Å². The van der Waals surface area contributed by atoms with Crippen LogP contribution in [-0.4, -0.2) is 104 Å². The summed E-state index contributed by atoms with van der Waals surface area (Å²) in [5, 5.41) is 31.1. The van der Waals surface area contributed by atoms with Gasteiger partial charge in [0.25, 0.3) is 0 Å². The first-order chi connectivity index (χ1) is 26.0. The van der Waals surface area contributed by atoms with E-state index in [9.17, 15) is 53.1 Å². The Kier molecular flexibility index (Phi) is 17.4. The topological polar surface area (TPSA) is 382 Å². The number of phenolic OH excluding ortho intramolecular Hbond substituents is 1. The molecule has 2 rings (SSSR count). The number of carbonyl (C=O) groups excluding carboxylic acids is 7. The van der Waals surface area contributed by atoms with Gasteiger partial charge in [-0.1, -0.05) is 38.1 Å². The summed E-state index contributed by atoms with van der Waals surface area (Å²) in [5.74, 6) is -9.20. The Labute approximate surface area is 319 Å².